The Morgan fingerprint density at radius 2 is 2.09 bits per heavy atom. The number of nitrogen functional groups attached to an aromatic ring is 1. The van der Waals surface area contributed by atoms with Crippen LogP contribution < -0.4 is 5.73 Å². The van der Waals surface area contributed by atoms with Gasteiger partial charge in [-0.2, -0.15) is 0 Å². The summed E-state index contributed by atoms with van der Waals surface area (Å²) in [5.41, 5.74) is 6.49. The monoisotopic (exact) mass is 329 g/mol. The third-order valence-corrected chi connectivity index (χ3v) is 4.66. The van der Waals surface area contributed by atoms with Crippen LogP contribution in [0.1, 0.15) is 6.23 Å². The van der Waals surface area contributed by atoms with Crippen molar-refractivity contribution in [2.45, 2.75) is 24.5 Å². The normalized spacial score (nSPS) is 37.7. The molecule has 2 fully saturated rings. The lowest BCUT2D eigenvalue weighted by molar-refractivity contribution is -0.0589. The van der Waals surface area contributed by atoms with Gasteiger partial charge in [0.1, 0.15) is 30.2 Å². The van der Waals surface area contributed by atoms with E-state index in [0.29, 0.717) is 11.2 Å². The molecule has 0 amide bonds. The first-order chi connectivity index (χ1) is 10.5. The fraction of sp³-hybridized carbons (Fsp3) is 0.500. The van der Waals surface area contributed by atoms with E-state index in [2.05, 4.69) is 15.0 Å². The van der Waals surface area contributed by atoms with Gasteiger partial charge in [-0.1, -0.05) is 0 Å². The number of aromatic nitrogens is 4. The Morgan fingerprint density at radius 1 is 1.32 bits per heavy atom. The largest absolute Gasteiger partial charge is 0.473 e. The molecule has 2 saturated heterocycles. The number of aliphatic hydroxyl groups excluding tert-OH is 1. The number of aliphatic hydroxyl groups is 1. The van der Waals surface area contributed by atoms with Gasteiger partial charge < -0.3 is 20.5 Å². The van der Waals surface area contributed by atoms with Gasteiger partial charge >= 0.3 is 7.82 Å². The SMILES string of the molecule is Nc1ncnc2c1ncn2[C@H]1O[C@H](CO)[C@H]2OP(=O)(O)O[C@H]21. The number of hydrogen-bond donors (Lipinski definition) is 3. The fourth-order valence-electron chi connectivity index (χ4n) is 2.71. The second-order valence-corrected chi connectivity index (χ2v) is 6.30. The van der Waals surface area contributed by atoms with Gasteiger partial charge in [-0.15, -0.1) is 0 Å². The van der Waals surface area contributed by atoms with Crippen molar-refractivity contribution in [3.05, 3.63) is 12.7 Å². The van der Waals surface area contributed by atoms with Crippen molar-refractivity contribution in [2.75, 3.05) is 12.3 Å². The maximum Gasteiger partial charge on any atom is 0.473 e. The van der Waals surface area contributed by atoms with E-state index in [-0.39, 0.29) is 12.4 Å². The molecule has 1 unspecified atom stereocenters. The highest BCUT2D eigenvalue weighted by Gasteiger charge is 2.57. The average Bonchev–Trinajstić information content (AvgIpc) is 3.10. The van der Waals surface area contributed by atoms with E-state index >= 15 is 0 Å². The lowest BCUT2D eigenvalue weighted by atomic mass is 10.1. The number of nitrogens with two attached hydrogens (primary N) is 1. The molecule has 2 aromatic heterocycles. The summed E-state index contributed by atoms with van der Waals surface area (Å²) in [4.78, 5) is 21.5. The highest BCUT2D eigenvalue weighted by molar-refractivity contribution is 7.47. The van der Waals surface area contributed by atoms with Gasteiger partial charge in [-0.25, -0.2) is 19.5 Å². The number of ether oxygens (including phenoxy) is 1. The predicted octanol–water partition coefficient (Wildman–Crippen LogP) is -0.817. The number of nitrogens with zero attached hydrogens (tertiary/aromatic N) is 4. The van der Waals surface area contributed by atoms with Crippen LogP contribution in [0.2, 0.25) is 0 Å². The molecule has 0 aliphatic carbocycles. The molecule has 4 rings (SSSR count). The number of imidazole rings is 1. The summed E-state index contributed by atoms with van der Waals surface area (Å²) < 4.78 is 28.8. The summed E-state index contributed by atoms with van der Waals surface area (Å²) in [6, 6.07) is 0. The number of phosphoric ester groups is 1. The first-order valence-corrected chi connectivity index (χ1v) is 7.88. The third-order valence-electron chi connectivity index (χ3n) is 3.64. The number of anilines is 1. The third kappa shape index (κ3) is 1.95. The summed E-state index contributed by atoms with van der Waals surface area (Å²) in [7, 11) is -4.16. The van der Waals surface area contributed by atoms with E-state index in [1.54, 1.807) is 0 Å². The van der Waals surface area contributed by atoms with Crippen molar-refractivity contribution in [1.29, 1.82) is 0 Å². The van der Waals surface area contributed by atoms with E-state index in [1.807, 2.05) is 0 Å². The van der Waals surface area contributed by atoms with Crippen LogP contribution in [0.4, 0.5) is 5.82 Å². The van der Waals surface area contributed by atoms with Crippen molar-refractivity contribution in [3.8, 4) is 0 Å². The molecule has 0 saturated carbocycles. The van der Waals surface area contributed by atoms with Crippen LogP contribution in [0.15, 0.2) is 12.7 Å². The highest BCUT2D eigenvalue weighted by Crippen LogP contribution is 2.58. The van der Waals surface area contributed by atoms with Crippen LogP contribution >= 0.6 is 7.82 Å². The van der Waals surface area contributed by atoms with Gasteiger partial charge in [0.05, 0.1) is 12.9 Å². The maximum absolute atomic E-state index is 11.6. The predicted molar refractivity (Wildman–Crippen MR) is 70.3 cm³/mol. The maximum atomic E-state index is 11.6. The Hall–Kier alpha value is -1.62. The van der Waals surface area contributed by atoms with Crippen LogP contribution in [-0.2, 0) is 18.3 Å². The van der Waals surface area contributed by atoms with Crippen molar-refractivity contribution in [3.63, 3.8) is 0 Å². The van der Waals surface area contributed by atoms with Gasteiger partial charge in [0, 0.05) is 0 Å². The van der Waals surface area contributed by atoms with Gasteiger partial charge in [0.2, 0.25) is 0 Å². The Morgan fingerprint density at radius 3 is 2.86 bits per heavy atom. The van der Waals surface area contributed by atoms with E-state index in [4.69, 9.17) is 19.5 Å². The molecule has 0 spiro atoms. The van der Waals surface area contributed by atoms with Crippen LogP contribution in [0.5, 0.6) is 0 Å². The smallest absolute Gasteiger partial charge is 0.394 e. The van der Waals surface area contributed by atoms with E-state index in [9.17, 15) is 14.6 Å². The standard InChI is InChI=1S/C10H12N5O6P/c11-8-5-9(13-2-12-8)15(3-14-5)10-7-6(4(1-16)19-10)20-22(17,18)21-7/h2-4,6-7,10,16H,1H2,(H,17,18)(H2,11,12,13)/t4-,6-,7-,10+/m1/s1. The zero-order chi connectivity index (χ0) is 15.5. The lowest BCUT2D eigenvalue weighted by Crippen LogP contribution is -2.30. The Kier molecular flexibility index (Phi) is 2.98. The van der Waals surface area contributed by atoms with E-state index in [0.717, 1.165) is 0 Å². The quantitative estimate of drug-likeness (QED) is 0.595. The Labute approximate surface area is 123 Å². The Balaban J connectivity index is 1.78. The van der Waals surface area contributed by atoms with Crippen molar-refractivity contribution in [2.24, 2.45) is 0 Å². The molecule has 4 heterocycles. The summed E-state index contributed by atoms with van der Waals surface area (Å²) in [6.07, 6.45) is -0.668. The van der Waals surface area contributed by atoms with E-state index < -0.39 is 32.4 Å². The second kappa shape index (κ2) is 4.69. The first-order valence-electron chi connectivity index (χ1n) is 6.39. The first kappa shape index (κ1) is 14.0. The molecule has 2 aliphatic heterocycles. The topological polar surface area (TPSA) is 155 Å². The van der Waals surface area contributed by atoms with Gasteiger partial charge in [0.25, 0.3) is 0 Å². The van der Waals surface area contributed by atoms with Crippen molar-refractivity contribution >= 4 is 24.8 Å². The summed E-state index contributed by atoms with van der Waals surface area (Å²) in [5.74, 6) is 0.202. The molecule has 2 aliphatic rings. The van der Waals surface area contributed by atoms with Crippen LogP contribution in [0.25, 0.3) is 11.2 Å². The van der Waals surface area contributed by atoms with Gasteiger partial charge in [0.15, 0.2) is 17.7 Å². The summed E-state index contributed by atoms with van der Waals surface area (Å²) >= 11 is 0. The molecule has 11 nitrogen and oxygen atoms in total. The molecule has 4 N–H and O–H groups in total. The van der Waals surface area contributed by atoms with Gasteiger partial charge in [-0.05, 0) is 0 Å². The molecule has 0 radical (unpaired) electrons. The molecule has 22 heavy (non-hydrogen) atoms. The van der Waals surface area contributed by atoms with Crippen LogP contribution in [-0.4, -0.2) is 54.4 Å². The molecule has 0 bridgehead atoms. The fourth-order valence-corrected chi connectivity index (χ4v) is 3.85. The van der Waals surface area contributed by atoms with Crippen LogP contribution in [0, 0.1) is 0 Å². The zero-order valence-electron chi connectivity index (χ0n) is 11.0. The minimum absolute atomic E-state index is 0.202. The number of fused-ring (bicyclic) bond motifs is 2. The van der Waals surface area contributed by atoms with Crippen molar-refractivity contribution < 1.29 is 28.3 Å². The van der Waals surface area contributed by atoms with Crippen molar-refractivity contribution in [1.82, 2.24) is 19.5 Å². The number of rotatable bonds is 2. The minimum Gasteiger partial charge on any atom is -0.394 e. The molecule has 118 valence electrons. The molecular weight excluding hydrogens is 317 g/mol. The Bertz CT molecular complexity index is 782. The highest BCUT2D eigenvalue weighted by atomic mass is 31.2. The molecule has 0 aromatic carbocycles. The molecule has 2 aromatic rings. The number of phosphoric acid groups is 1. The molecular formula is C10H12N5O6P. The average molecular weight is 329 g/mol. The van der Waals surface area contributed by atoms with E-state index in [1.165, 1.54) is 17.2 Å². The molecule has 12 heteroatoms. The zero-order valence-corrected chi connectivity index (χ0v) is 11.9. The number of hydrogen-bond acceptors (Lipinski definition) is 9. The molecule has 5 atom stereocenters. The van der Waals surface area contributed by atoms with Crippen LogP contribution in [0.3, 0.4) is 0 Å². The minimum atomic E-state index is -4.16. The lowest BCUT2D eigenvalue weighted by Gasteiger charge is -2.18. The summed E-state index contributed by atoms with van der Waals surface area (Å²) in [6.45, 7) is -0.384. The second-order valence-electron chi connectivity index (χ2n) is 4.94. The van der Waals surface area contributed by atoms with Gasteiger partial charge in [-0.3, -0.25) is 13.6 Å². The summed E-state index contributed by atoms with van der Waals surface area (Å²) in [5, 5.41) is 9.35.